The molecule has 21 heavy (non-hydrogen) atoms. The van der Waals surface area contributed by atoms with E-state index in [1.165, 1.54) is 0 Å². The summed E-state index contributed by atoms with van der Waals surface area (Å²) in [4.78, 5) is 11.7. The maximum absolute atomic E-state index is 11.7. The third-order valence-electron chi connectivity index (χ3n) is 3.67. The van der Waals surface area contributed by atoms with Crippen molar-refractivity contribution in [3.8, 4) is 0 Å². The van der Waals surface area contributed by atoms with Crippen molar-refractivity contribution in [3.63, 3.8) is 0 Å². The second-order valence-electron chi connectivity index (χ2n) is 5.36. The van der Waals surface area contributed by atoms with Crippen LogP contribution in [0.25, 0.3) is 0 Å². The Morgan fingerprint density at radius 2 is 1.76 bits per heavy atom. The fraction of sp³-hybridized carbons (Fsp3) is 0.588. The molecule has 0 radical (unpaired) electrons. The highest BCUT2D eigenvalue weighted by Crippen LogP contribution is 2.25. The van der Waals surface area contributed by atoms with Crippen molar-refractivity contribution in [3.05, 3.63) is 35.3 Å². The molecular weight excluding hydrogens is 268 g/mol. The van der Waals surface area contributed by atoms with Gasteiger partial charge in [0.25, 0.3) is 6.29 Å². The maximum Gasteiger partial charge on any atom is 0.333 e. The summed E-state index contributed by atoms with van der Waals surface area (Å²) in [6.45, 7) is 3.66. The third kappa shape index (κ3) is 4.96. The molecule has 4 nitrogen and oxygen atoms in total. The summed E-state index contributed by atoms with van der Waals surface area (Å²) in [7, 11) is 0. The zero-order chi connectivity index (χ0) is 15.1. The van der Waals surface area contributed by atoms with Gasteiger partial charge in [-0.05, 0) is 51.7 Å². The van der Waals surface area contributed by atoms with Gasteiger partial charge < -0.3 is 14.2 Å². The van der Waals surface area contributed by atoms with Crippen LogP contribution in [-0.2, 0) is 19.0 Å². The monoisotopic (exact) mass is 292 g/mol. The molecular formula is C17H24O4. The molecule has 0 heterocycles. The first-order chi connectivity index (χ1) is 10.2. The fourth-order valence-corrected chi connectivity index (χ4v) is 2.30. The van der Waals surface area contributed by atoms with E-state index in [1.807, 2.05) is 6.92 Å². The Morgan fingerprint density at radius 1 is 1.19 bits per heavy atom. The molecule has 2 rings (SSSR count). The van der Waals surface area contributed by atoms with Gasteiger partial charge in [-0.15, -0.1) is 0 Å². The van der Waals surface area contributed by atoms with Gasteiger partial charge in [0, 0.05) is 18.4 Å². The van der Waals surface area contributed by atoms with Crippen LogP contribution in [0.15, 0.2) is 35.3 Å². The van der Waals surface area contributed by atoms with Crippen LogP contribution in [0.1, 0.15) is 52.4 Å². The quantitative estimate of drug-likeness (QED) is 0.404. The number of hydrogen-bond donors (Lipinski definition) is 0. The summed E-state index contributed by atoms with van der Waals surface area (Å²) in [6, 6.07) is 0. The lowest BCUT2D eigenvalue weighted by molar-refractivity contribution is -0.159. The SMILES string of the molecule is CC=C(C)C(=O)OCC(OC1=CCCC1)OC1=CCCC1. The fourth-order valence-electron chi connectivity index (χ4n) is 2.30. The second kappa shape index (κ2) is 7.91. The molecule has 0 atom stereocenters. The molecule has 0 unspecified atom stereocenters. The molecule has 0 aliphatic heterocycles. The minimum absolute atomic E-state index is 0.110. The summed E-state index contributed by atoms with van der Waals surface area (Å²) in [5.41, 5.74) is 0.592. The Kier molecular flexibility index (Phi) is 5.90. The van der Waals surface area contributed by atoms with Gasteiger partial charge >= 0.3 is 5.97 Å². The Labute approximate surface area is 126 Å². The number of allylic oxidation sites excluding steroid dienone is 5. The summed E-state index contributed by atoms with van der Waals surface area (Å²) in [5, 5.41) is 0. The predicted octanol–water partition coefficient (Wildman–Crippen LogP) is 3.99. The van der Waals surface area contributed by atoms with Gasteiger partial charge in [0.15, 0.2) is 6.61 Å². The zero-order valence-electron chi connectivity index (χ0n) is 12.9. The first kappa shape index (κ1) is 15.7. The summed E-state index contributed by atoms with van der Waals surface area (Å²) in [6.07, 6.45) is 11.5. The van der Waals surface area contributed by atoms with Crippen molar-refractivity contribution < 1.29 is 19.0 Å². The highest BCUT2D eigenvalue weighted by atomic mass is 16.7. The van der Waals surface area contributed by atoms with Gasteiger partial charge in [-0.25, -0.2) is 4.79 Å². The van der Waals surface area contributed by atoms with Crippen molar-refractivity contribution in [2.75, 3.05) is 6.61 Å². The first-order valence-corrected chi connectivity index (χ1v) is 7.70. The van der Waals surface area contributed by atoms with Gasteiger partial charge in [0.2, 0.25) is 0 Å². The van der Waals surface area contributed by atoms with Gasteiger partial charge in [0.05, 0.1) is 11.5 Å². The molecule has 0 aromatic heterocycles. The number of hydrogen-bond acceptors (Lipinski definition) is 4. The van der Waals surface area contributed by atoms with Gasteiger partial charge in [-0.2, -0.15) is 0 Å². The number of carbonyl (C=O) groups excluding carboxylic acids is 1. The molecule has 116 valence electrons. The van der Waals surface area contributed by atoms with E-state index in [0.29, 0.717) is 5.57 Å². The van der Waals surface area contributed by atoms with E-state index in [2.05, 4.69) is 12.2 Å². The molecule has 2 aliphatic carbocycles. The molecule has 4 heteroatoms. The zero-order valence-corrected chi connectivity index (χ0v) is 12.9. The lowest BCUT2D eigenvalue weighted by atomic mass is 10.3. The smallest absolute Gasteiger partial charge is 0.333 e. The molecule has 0 fully saturated rings. The molecule has 0 aromatic carbocycles. The van der Waals surface area contributed by atoms with E-state index in [0.717, 1.165) is 50.0 Å². The summed E-state index contributed by atoms with van der Waals surface area (Å²) >= 11 is 0. The molecule has 0 amide bonds. The van der Waals surface area contributed by atoms with Crippen LogP contribution in [0.2, 0.25) is 0 Å². The van der Waals surface area contributed by atoms with E-state index in [-0.39, 0.29) is 12.6 Å². The molecule has 0 N–H and O–H groups in total. The van der Waals surface area contributed by atoms with Crippen molar-refractivity contribution in [2.24, 2.45) is 0 Å². The van der Waals surface area contributed by atoms with E-state index in [9.17, 15) is 4.79 Å². The molecule has 0 spiro atoms. The van der Waals surface area contributed by atoms with Crippen molar-refractivity contribution in [1.29, 1.82) is 0 Å². The molecule has 0 saturated carbocycles. The minimum atomic E-state index is -0.549. The topological polar surface area (TPSA) is 44.8 Å². The Bertz CT molecular complexity index is 433. The lowest BCUT2D eigenvalue weighted by Crippen LogP contribution is -2.25. The Balaban J connectivity index is 1.89. The number of ether oxygens (including phenoxy) is 3. The van der Waals surface area contributed by atoms with E-state index >= 15 is 0 Å². The van der Waals surface area contributed by atoms with Crippen LogP contribution in [0.4, 0.5) is 0 Å². The number of carbonyl (C=O) groups is 1. The van der Waals surface area contributed by atoms with Crippen LogP contribution in [-0.4, -0.2) is 18.9 Å². The second-order valence-corrected chi connectivity index (χ2v) is 5.36. The average Bonchev–Trinajstić information content (AvgIpc) is 3.17. The molecule has 2 aliphatic rings. The molecule has 0 saturated heterocycles. The van der Waals surface area contributed by atoms with Crippen LogP contribution < -0.4 is 0 Å². The van der Waals surface area contributed by atoms with E-state index in [1.54, 1.807) is 13.0 Å². The van der Waals surface area contributed by atoms with E-state index < -0.39 is 6.29 Å². The highest BCUT2D eigenvalue weighted by molar-refractivity contribution is 5.87. The van der Waals surface area contributed by atoms with Crippen molar-refractivity contribution >= 4 is 5.97 Å². The van der Waals surface area contributed by atoms with Gasteiger partial charge in [-0.1, -0.05) is 6.08 Å². The largest absolute Gasteiger partial charge is 0.456 e. The van der Waals surface area contributed by atoms with Crippen LogP contribution in [0, 0.1) is 0 Å². The Hall–Kier alpha value is -1.71. The third-order valence-corrected chi connectivity index (χ3v) is 3.67. The maximum atomic E-state index is 11.7. The summed E-state index contributed by atoms with van der Waals surface area (Å²) in [5.74, 6) is 1.56. The standard InChI is InChI=1S/C17H24O4/c1-3-13(2)17(18)19-12-16(20-14-8-4-5-9-14)21-15-10-6-7-11-15/h3,8,10,16H,4-7,9,11-12H2,1-2H3. The molecule has 0 aromatic rings. The molecule has 0 bridgehead atoms. The Morgan fingerprint density at radius 3 is 2.19 bits per heavy atom. The average molecular weight is 292 g/mol. The first-order valence-electron chi connectivity index (χ1n) is 7.70. The number of esters is 1. The van der Waals surface area contributed by atoms with E-state index in [4.69, 9.17) is 14.2 Å². The van der Waals surface area contributed by atoms with Crippen LogP contribution in [0.5, 0.6) is 0 Å². The van der Waals surface area contributed by atoms with Crippen molar-refractivity contribution in [1.82, 2.24) is 0 Å². The predicted molar refractivity (Wildman–Crippen MR) is 80.2 cm³/mol. The van der Waals surface area contributed by atoms with Gasteiger partial charge in [0.1, 0.15) is 0 Å². The van der Waals surface area contributed by atoms with Gasteiger partial charge in [-0.3, -0.25) is 0 Å². The lowest BCUT2D eigenvalue weighted by Gasteiger charge is -2.21. The highest BCUT2D eigenvalue weighted by Gasteiger charge is 2.20. The minimum Gasteiger partial charge on any atom is -0.456 e. The number of rotatable bonds is 7. The normalized spacial score (nSPS) is 18.5. The van der Waals surface area contributed by atoms with Crippen LogP contribution >= 0.6 is 0 Å². The van der Waals surface area contributed by atoms with Crippen molar-refractivity contribution in [2.45, 2.75) is 58.7 Å². The van der Waals surface area contributed by atoms with Crippen LogP contribution in [0.3, 0.4) is 0 Å². The summed E-state index contributed by atoms with van der Waals surface area (Å²) < 4.78 is 16.9.